The van der Waals surface area contributed by atoms with Gasteiger partial charge < -0.3 is 0 Å². The number of nitrogens with zero attached hydrogens (tertiary/aromatic N) is 1. The normalized spacial score (nSPS) is 22.9. The minimum Gasteiger partial charge on any atom is -0.299 e. The van der Waals surface area contributed by atoms with Crippen molar-refractivity contribution in [3.63, 3.8) is 0 Å². The van der Waals surface area contributed by atoms with Crippen LogP contribution in [0.15, 0.2) is 0 Å². The van der Waals surface area contributed by atoms with E-state index in [4.69, 9.17) is 4.84 Å². The molecule has 1 aliphatic carbocycles. The van der Waals surface area contributed by atoms with E-state index in [2.05, 4.69) is 6.92 Å². The monoisotopic (exact) mass is 227 g/mol. The maximum absolute atomic E-state index is 11.7. The summed E-state index contributed by atoms with van der Waals surface area (Å²) in [6.07, 6.45) is 4.49. The smallest absolute Gasteiger partial charge is 0.249 e. The molecule has 1 amide bonds. The van der Waals surface area contributed by atoms with Crippen LogP contribution in [0.1, 0.15) is 39.0 Å². The highest BCUT2D eigenvalue weighted by atomic mass is 16.7. The summed E-state index contributed by atoms with van der Waals surface area (Å²) in [5, 5.41) is 1.21. The molecule has 0 heterocycles. The van der Waals surface area contributed by atoms with Crippen molar-refractivity contribution < 1.29 is 14.4 Å². The van der Waals surface area contributed by atoms with Gasteiger partial charge in [0.2, 0.25) is 5.91 Å². The van der Waals surface area contributed by atoms with E-state index in [-0.39, 0.29) is 23.5 Å². The lowest BCUT2D eigenvalue weighted by Gasteiger charge is -2.12. The fourth-order valence-corrected chi connectivity index (χ4v) is 1.88. The Bertz CT molecular complexity index is 265. The second-order valence-corrected chi connectivity index (χ2v) is 4.39. The third-order valence-corrected chi connectivity index (χ3v) is 3.13. The van der Waals surface area contributed by atoms with Crippen LogP contribution in [-0.2, 0) is 14.4 Å². The van der Waals surface area contributed by atoms with Gasteiger partial charge in [0.05, 0.1) is 13.0 Å². The molecule has 1 fully saturated rings. The van der Waals surface area contributed by atoms with Gasteiger partial charge in [-0.1, -0.05) is 19.8 Å². The number of amides is 1. The van der Waals surface area contributed by atoms with Crippen molar-refractivity contribution in [1.82, 2.24) is 5.06 Å². The van der Waals surface area contributed by atoms with Crippen LogP contribution in [0.4, 0.5) is 0 Å². The SMILES string of the molecule is CCCCCC(=O)[C@H]1C[C@@H]1C(=O)N(C)OC. The summed E-state index contributed by atoms with van der Waals surface area (Å²) in [5.41, 5.74) is 0. The molecule has 4 heteroatoms. The number of ketones is 1. The highest BCUT2D eigenvalue weighted by Crippen LogP contribution is 2.41. The molecular weight excluding hydrogens is 206 g/mol. The number of Topliss-reactive ketones (excluding diaryl/α,β-unsaturated/α-hetero) is 1. The molecule has 4 nitrogen and oxygen atoms in total. The second kappa shape index (κ2) is 5.99. The van der Waals surface area contributed by atoms with E-state index in [9.17, 15) is 9.59 Å². The molecule has 0 aromatic carbocycles. The summed E-state index contributed by atoms with van der Waals surface area (Å²) < 4.78 is 0. The van der Waals surface area contributed by atoms with Gasteiger partial charge in [0.1, 0.15) is 5.78 Å². The zero-order chi connectivity index (χ0) is 12.1. The number of carbonyl (C=O) groups is 2. The highest BCUT2D eigenvalue weighted by Gasteiger charge is 2.48. The van der Waals surface area contributed by atoms with Gasteiger partial charge in [-0.3, -0.25) is 14.4 Å². The van der Waals surface area contributed by atoms with Crippen LogP contribution >= 0.6 is 0 Å². The molecule has 0 aromatic rings. The lowest BCUT2D eigenvalue weighted by Crippen LogP contribution is -2.28. The Kier molecular flexibility index (Phi) is 4.93. The van der Waals surface area contributed by atoms with Crippen LogP contribution in [0, 0.1) is 11.8 Å². The third-order valence-electron chi connectivity index (χ3n) is 3.13. The summed E-state index contributed by atoms with van der Waals surface area (Å²) in [7, 11) is 3.04. The second-order valence-electron chi connectivity index (χ2n) is 4.39. The fourth-order valence-electron chi connectivity index (χ4n) is 1.88. The minimum absolute atomic E-state index is 0.0399. The Morgan fingerprint density at radius 2 is 2.00 bits per heavy atom. The van der Waals surface area contributed by atoms with Gasteiger partial charge >= 0.3 is 0 Å². The molecule has 0 bridgehead atoms. The van der Waals surface area contributed by atoms with Gasteiger partial charge in [0, 0.05) is 19.4 Å². The summed E-state index contributed by atoms with van der Waals surface area (Å²) in [5.74, 6) is 0.00803. The van der Waals surface area contributed by atoms with Crippen LogP contribution < -0.4 is 0 Å². The standard InChI is InChI=1S/C12H21NO3/c1-4-5-6-7-11(14)9-8-10(9)12(15)13(2)16-3/h9-10H,4-8H2,1-3H3/t9-,10-/m0/s1. The Hall–Kier alpha value is -0.900. The topological polar surface area (TPSA) is 46.6 Å². The zero-order valence-corrected chi connectivity index (χ0v) is 10.4. The van der Waals surface area contributed by atoms with Crippen LogP contribution in [0.3, 0.4) is 0 Å². The fraction of sp³-hybridized carbons (Fsp3) is 0.833. The van der Waals surface area contributed by atoms with E-state index in [1.165, 1.54) is 12.2 Å². The van der Waals surface area contributed by atoms with Crippen molar-refractivity contribution >= 4 is 11.7 Å². The molecule has 16 heavy (non-hydrogen) atoms. The van der Waals surface area contributed by atoms with Gasteiger partial charge in [-0.05, 0) is 12.8 Å². The van der Waals surface area contributed by atoms with Crippen molar-refractivity contribution in [2.75, 3.05) is 14.2 Å². The first-order chi connectivity index (χ1) is 7.61. The molecular formula is C12H21NO3. The van der Waals surface area contributed by atoms with Crippen molar-refractivity contribution in [2.24, 2.45) is 11.8 Å². The van der Waals surface area contributed by atoms with Gasteiger partial charge in [-0.2, -0.15) is 0 Å². The molecule has 0 radical (unpaired) electrons. The van der Waals surface area contributed by atoms with Crippen molar-refractivity contribution in [2.45, 2.75) is 39.0 Å². The average molecular weight is 227 g/mol. The van der Waals surface area contributed by atoms with Crippen LogP contribution in [0.2, 0.25) is 0 Å². The molecule has 0 spiro atoms. The maximum Gasteiger partial charge on any atom is 0.249 e. The predicted molar refractivity (Wildman–Crippen MR) is 60.5 cm³/mol. The molecule has 0 saturated heterocycles. The molecule has 2 atom stereocenters. The Morgan fingerprint density at radius 3 is 2.56 bits per heavy atom. The zero-order valence-electron chi connectivity index (χ0n) is 10.4. The Labute approximate surface area is 96.9 Å². The summed E-state index contributed by atoms with van der Waals surface area (Å²) in [6, 6.07) is 0. The predicted octanol–water partition coefficient (Wildman–Crippen LogP) is 1.79. The Morgan fingerprint density at radius 1 is 1.31 bits per heavy atom. The van der Waals surface area contributed by atoms with E-state index in [1.807, 2.05) is 0 Å². The number of unbranched alkanes of at least 4 members (excludes halogenated alkanes) is 2. The van der Waals surface area contributed by atoms with Gasteiger partial charge in [0.15, 0.2) is 0 Å². The average Bonchev–Trinajstić information content (AvgIpc) is 3.07. The lowest BCUT2D eigenvalue weighted by atomic mass is 10.1. The quantitative estimate of drug-likeness (QED) is 0.492. The summed E-state index contributed by atoms with van der Waals surface area (Å²) in [4.78, 5) is 28.1. The summed E-state index contributed by atoms with van der Waals surface area (Å²) >= 11 is 0. The number of rotatable bonds is 7. The number of hydroxylamine groups is 2. The number of hydrogen-bond acceptors (Lipinski definition) is 3. The van der Waals surface area contributed by atoms with E-state index < -0.39 is 0 Å². The molecule has 0 aliphatic heterocycles. The number of hydrogen-bond donors (Lipinski definition) is 0. The van der Waals surface area contributed by atoms with Crippen molar-refractivity contribution in [3.05, 3.63) is 0 Å². The molecule has 92 valence electrons. The first-order valence-corrected chi connectivity index (χ1v) is 5.96. The van der Waals surface area contributed by atoms with E-state index >= 15 is 0 Å². The van der Waals surface area contributed by atoms with Gasteiger partial charge in [-0.25, -0.2) is 5.06 Å². The third kappa shape index (κ3) is 3.30. The molecule has 1 saturated carbocycles. The first-order valence-electron chi connectivity index (χ1n) is 5.96. The van der Waals surface area contributed by atoms with Crippen LogP contribution in [0.5, 0.6) is 0 Å². The van der Waals surface area contributed by atoms with E-state index in [0.29, 0.717) is 12.8 Å². The Balaban J connectivity index is 2.27. The highest BCUT2D eigenvalue weighted by molar-refractivity contribution is 5.93. The maximum atomic E-state index is 11.7. The van der Waals surface area contributed by atoms with Crippen molar-refractivity contribution in [1.29, 1.82) is 0 Å². The van der Waals surface area contributed by atoms with Crippen molar-refractivity contribution in [3.8, 4) is 0 Å². The molecule has 0 N–H and O–H groups in total. The molecule has 0 unspecified atom stereocenters. The van der Waals surface area contributed by atoms with Crippen LogP contribution in [0.25, 0.3) is 0 Å². The van der Waals surface area contributed by atoms with Gasteiger partial charge in [0.25, 0.3) is 0 Å². The summed E-state index contributed by atoms with van der Waals surface area (Å²) in [6.45, 7) is 2.11. The largest absolute Gasteiger partial charge is 0.299 e. The molecule has 0 aromatic heterocycles. The van der Waals surface area contributed by atoms with Gasteiger partial charge in [-0.15, -0.1) is 0 Å². The molecule has 1 rings (SSSR count). The van der Waals surface area contributed by atoms with Crippen LogP contribution in [-0.4, -0.2) is 30.9 Å². The van der Waals surface area contributed by atoms with E-state index in [1.54, 1.807) is 7.05 Å². The number of carbonyl (C=O) groups excluding carboxylic acids is 2. The van der Waals surface area contributed by atoms with E-state index in [0.717, 1.165) is 19.3 Å². The lowest BCUT2D eigenvalue weighted by molar-refractivity contribution is -0.170. The minimum atomic E-state index is -0.126. The first kappa shape index (κ1) is 13.2. The molecule has 1 aliphatic rings.